The van der Waals surface area contributed by atoms with Crippen LogP contribution in [0.2, 0.25) is 0 Å². The summed E-state index contributed by atoms with van der Waals surface area (Å²) >= 11 is 1.21. The molecule has 1 unspecified atom stereocenters. The maximum atomic E-state index is 13.2. The van der Waals surface area contributed by atoms with Crippen LogP contribution < -0.4 is 9.64 Å². The molecule has 1 amide bonds. The minimum atomic E-state index is -0.906. The largest absolute Gasteiger partial charge is 0.503 e. The maximum Gasteiger partial charge on any atom is 0.308 e. The van der Waals surface area contributed by atoms with Gasteiger partial charge in [-0.2, -0.15) is 5.26 Å². The zero-order valence-corrected chi connectivity index (χ0v) is 17.6. The first-order valence-electron chi connectivity index (χ1n) is 9.54. The van der Waals surface area contributed by atoms with Crippen LogP contribution in [0.1, 0.15) is 33.8 Å². The van der Waals surface area contributed by atoms with Crippen molar-refractivity contribution in [3.63, 3.8) is 0 Å². The number of anilines is 1. The molecule has 4 rings (SSSR count). The summed E-state index contributed by atoms with van der Waals surface area (Å²) < 4.78 is 5.07. The first-order chi connectivity index (χ1) is 15.4. The van der Waals surface area contributed by atoms with Gasteiger partial charge in [0.1, 0.15) is 5.75 Å². The molecule has 0 bridgehead atoms. The van der Waals surface area contributed by atoms with Gasteiger partial charge in [0, 0.05) is 12.6 Å². The molecule has 0 radical (unpaired) electrons. The van der Waals surface area contributed by atoms with Crippen LogP contribution in [0.5, 0.6) is 5.75 Å². The van der Waals surface area contributed by atoms with Crippen LogP contribution in [-0.4, -0.2) is 22.8 Å². The minimum Gasteiger partial charge on any atom is -0.503 e. The van der Waals surface area contributed by atoms with Gasteiger partial charge < -0.3 is 9.84 Å². The third-order valence-corrected chi connectivity index (χ3v) is 5.80. The number of rotatable bonds is 5. The van der Waals surface area contributed by atoms with Crippen LogP contribution in [-0.2, 0) is 9.59 Å². The molecule has 3 aromatic rings. The highest BCUT2D eigenvalue weighted by Crippen LogP contribution is 2.42. The van der Waals surface area contributed by atoms with Gasteiger partial charge in [-0.15, -0.1) is 11.3 Å². The Bertz CT molecular complexity index is 1270. The van der Waals surface area contributed by atoms with Gasteiger partial charge >= 0.3 is 5.97 Å². The molecule has 0 spiro atoms. The molecule has 2 heterocycles. The number of nitrogens with zero attached hydrogens (tertiary/aromatic N) is 2. The molecule has 0 aliphatic carbocycles. The zero-order valence-electron chi connectivity index (χ0n) is 16.8. The number of hydrogen-bond acceptors (Lipinski definition) is 7. The molecule has 1 aromatic heterocycles. The molecule has 1 aliphatic rings. The van der Waals surface area contributed by atoms with Gasteiger partial charge in [0.2, 0.25) is 5.78 Å². The van der Waals surface area contributed by atoms with E-state index in [1.54, 1.807) is 66.0 Å². The zero-order chi connectivity index (χ0) is 22.8. The fraction of sp³-hybridized carbons (Fsp3) is 0.0833. The molecule has 0 fully saturated rings. The van der Waals surface area contributed by atoms with E-state index in [1.165, 1.54) is 23.2 Å². The normalized spacial score (nSPS) is 15.6. The van der Waals surface area contributed by atoms with Gasteiger partial charge in [-0.1, -0.05) is 18.2 Å². The molecule has 0 saturated heterocycles. The lowest BCUT2D eigenvalue weighted by Crippen LogP contribution is -2.31. The van der Waals surface area contributed by atoms with E-state index in [0.29, 0.717) is 27.4 Å². The number of aliphatic hydroxyl groups is 1. The van der Waals surface area contributed by atoms with Crippen LogP contribution in [0.25, 0.3) is 0 Å². The number of esters is 1. The number of thiophene rings is 1. The molecular formula is C24H16N2O5S. The summed E-state index contributed by atoms with van der Waals surface area (Å²) in [6, 6.07) is 17.1. The van der Waals surface area contributed by atoms with Gasteiger partial charge in [-0.3, -0.25) is 19.3 Å². The van der Waals surface area contributed by atoms with Crippen LogP contribution in [0, 0.1) is 11.3 Å². The highest BCUT2D eigenvalue weighted by Gasteiger charge is 2.44. The van der Waals surface area contributed by atoms with Gasteiger partial charge in [0.05, 0.1) is 28.1 Å². The predicted octanol–water partition coefficient (Wildman–Crippen LogP) is 4.33. The number of aliphatic hydroxyl groups excluding tert-OH is 1. The molecule has 158 valence electrons. The van der Waals surface area contributed by atoms with Crippen LogP contribution in [0.3, 0.4) is 0 Å². The van der Waals surface area contributed by atoms with E-state index < -0.39 is 29.5 Å². The number of hydrogen-bond donors (Lipinski definition) is 1. The number of carbonyl (C=O) groups excluding carboxylic acids is 3. The Hall–Kier alpha value is -4.22. The fourth-order valence-corrected chi connectivity index (χ4v) is 4.22. The molecule has 32 heavy (non-hydrogen) atoms. The van der Waals surface area contributed by atoms with Crippen molar-refractivity contribution in [2.75, 3.05) is 4.90 Å². The van der Waals surface area contributed by atoms with E-state index in [2.05, 4.69) is 0 Å². The molecule has 1 atom stereocenters. The number of benzene rings is 2. The molecule has 1 N–H and O–H groups in total. The van der Waals surface area contributed by atoms with Gasteiger partial charge in [0.25, 0.3) is 5.91 Å². The number of ketones is 1. The van der Waals surface area contributed by atoms with Crippen molar-refractivity contribution in [3.8, 4) is 11.8 Å². The van der Waals surface area contributed by atoms with Gasteiger partial charge in [-0.05, 0) is 53.4 Å². The lowest BCUT2D eigenvalue weighted by molar-refractivity contribution is -0.131. The topological polar surface area (TPSA) is 108 Å². The highest BCUT2D eigenvalue weighted by molar-refractivity contribution is 7.12. The minimum absolute atomic E-state index is 0.0398. The van der Waals surface area contributed by atoms with Crippen molar-refractivity contribution in [2.45, 2.75) is 13.0 Å². The lowest BCUT2D eigenvalue weighted by Gasteiger charge is -2.27. The maximum absolute atomic E-state index is 13.2. The van der Waals surface area contributed by atoms with Crippen LogP contribution in [0.15, 0.2) is 77.4 Å². The molecule has 0 saturated carbocycles. The van der Waals surface area contributed by atoms with Crippen molar-refractivity contribution in [2.24, 2.45) is 0 Å². The van der Waals surface area contributed by atoms with Crippen molar-refractivity contribution < 1.29 is 24.2 Å². The molecule has 2 aromatic carbocycles. The van der Waals surface area contributed by atoms with E-state index in [1.807, 2.05) is 6.07 Å². The monoisotopic (exact) mass is 444 g/mol. The number of ether oxygens (including phenoxy) is 1. The Balaban J connectivity index is 1.82. The van der Waals surface area contributed by atoms with Crippen molar-refractivity contribution in [3.05, 3.63) is 93.4 Å². The third-order valence-electron chi connectivity index (χ3n) is 4.93. The summed E-state index contributed by atoms with van der Waals surface area (Å²) in [6.45, 7) is 1.29. The summed E-state index contributed by atoms with van der Waals surface area (Å²) in [6.07, 6.45) is 0. The van der Waals surface area contributed by atoms with Crippen molar-refractivity contribution in [1.82, 2.24) is 0 Å². The summed E-state index contributed by atoms with van der Waals surface area (Å²) in [5, 5.41) is 21.5. The number of Topliss-reactive ketones (excluding diaryl/α,β-unsaturated/α-hetero) is 1. The van der Waals surface area contributed by atoms with E-state index in [-0.39, 0.29) is 5.57 Å². The molecule has 7 nitrogen and oxygen atoms in total. The van der Waals surface area contributed by atoms with Gasteiger partial charge in [0.15, 0.2) is 5.76 Å². The smallest absolute Gasteiger partial charge is 0.308 e. The summed E-state index contributed by atoms with van der Waals surface area (Å²) in [5.41, 5.74) is 1.34. The average Bonchev–Trinajstić information content (AvgIpc) is 3.41. The number of nitriles is 1. The highest BCUT2D eigenvalue weighted by atomic mass is 32.1. The Kier molecular flexibility index (Phi) is 5.58. The first-order valence-corrected chi connectivity index (χ1v) is 10.4. The standard InChI is InChI=1S/C24H16N2O5S/c1-14(27)31-18-10-6-16(7-11-18)21-20(22(28)19-3-2-12-32-19)23(29)24(30)26(21)17-8-4-15(13-25)5-9-17/h2-12,21,29H,1H3. The molecular weight excluding hydrogens is 428 g/mol. The predicted molar refractivity (Wildman–Crippen MR) is 117 cm³/mol. The van der Waals surface area contributed by atoms with Crippen molar-refractivity contribution in [1.29, 1.82) is 5.26 Å². The quantitative estimate of drug-likeness (QED) is 0.357. The van der Waals surface area contributed by atoms with E-state index in [0.717, 1.165) is 0 Å². The second kappa shape index (κ2) is 8.49. The Labute approximate surface area is 187 Å². The summed E-state index contributed by atoms with van der Waals surface area (Å²) in [7, 11) is 0. The first kappa shape index (κ1) is 21.0. The van der Waals surface area contributed by atoms with E-state index in [9.17, 15) is 19.5 Å². The molecule has 8 heteroatoms. The number of carbonyl (C=O) groups is 3. The second-order valence-electron chi connectivity index (χ2n) is 6.97. The number of amides is 1. The van der Waals surface area contributed by atoms with Crippen LogP contribution >= 0.6 is 11.3 Å². The third kappa shape index (κ3) is 3.77. The SMILES string of the molecule is CC(=O)Oc1ccc(C2C(C(=O)c3cccs3)=C(O)C(=O)N2c2ccc(C#N)cc2)cc1. The van der Waals surface area contributed by atoms with Gasteiger partial charge in [-0.25, -0.2) is 0 Å². The lowest BCUT2D eigenvalue weighted by atomic mass is 9.95. The van der Waals surface area contributed by atoms with E-state index >= 15 is 0 Å². The van der Waals surface area contributed by atoms with E-state index in [4.69, 9.17) is 10.00 Å². The Morgan fingerprint density at radius 2 is 1.78 bits per heavy atom. The van der Waals surface area contributed by atoms with Crippen molar-refractivity contribution >= 4 is 34.7 Å². The molecule has 1 aliphatic heterocycles. The van der Waals surface area contributed by atoms with Crippen LogP contribution in [0.4, 0.5) is 5.69 Å². The Morgan fingerprint density at radius 3 is 2.34 bits per heavy atom. The Morgan fingerprint density at radius 1 is 1.09 bits per heavy atom. The summed E-state index contributed by atoms with van der Waals surface area (Å²) in [5.74, 6) is -1.95. The fourth-order valence-electron chi connectivity index (χ4n) is 3.54. The average molecular weight is 444 g/mol. The summed E-state index contributed by atoms with van der Waals surface area (Å²) in [4.78, 5) is 39.2. The second-order valence-corrected chi connectivity index (χ2v) is 7.92.